The number of carboxylic acid groups (broad SMARTS) is 1. The lowest BCUT2D eigenvalue weighted by atomic mass is 10.1. The maximum absolute atomic E-state index is 12.8. The fourth-order valence-electron chi connectivity index (χ4n) is 6.76. The van der Waals surface area contributed by atoms with Crippen LogP contribution in [0.3, 0.4) is 0 Å². The highest BCUT2D eigenvalue weighted by Gasteiger charge is 2.25. The number of carboxylic acids is 1. The van der Waals surface area contributed by atoms with Crippen molar-refractivity contribution < 1.29 is 38.2 Å². The van der Waals surface area contributed by atoms with Gasteiger partial charge in [0.05, 0.1) is 40.3 Å². The van der Waals surface area contributed by atoms with Gasteiger partial charge in [-0.25, -0.2) is 0 Å². The third-order valence-corrected chi connectivity index (χ3v) is 10.7. The van der Waals surface area contributed by atoms with Crippen LogP contribution in [-0.4, -0.2) is 75.5 Å². The normalized spacial score (nSPS) is 13.8. The highest BCUT2D eigenvalue weighted by Crippen LogP contribution is 2.12. The Kier molecular flexibility index (Phi) is 43.6. The van der Waals surface area contributed by atoms with E-state index < -0.39 is 18.1 Å². The van der Waals surface area contributed by atoms with Crippen molar-refractivity contribution >= 4 is 17.9 Å². The summed E-state index contributed by atoms with van der Waals surface area (Å²) in [5.41, 5.74) is 0. The summed E-state index contributed by atoms with van der Waals surface area (Å²) in [4.78, 5) is 37.0. The van der Waals surface area contributed by atoms with Crippen molar-refractivity contribution in [2.75, 3.05) is 41.0 Å². The Hall–Kier alpha value is -4.01. The van der Waals surface area contributed by atoms with E-state index in [0.29, 0.717) is 6.42 Å². The third-order valence-electron chi connectivity index (χ3n) is 10.7. The van der Waals surface area contributed by atoms with E-state index in [2.05, 4.69) is 123 Å². The number of ether oxygens (including phenoxy) is 3. The third kappa shape index (κ3) is 45.0. The van der Waals surface area contributed by atoms with Gasteiger partial charge >= 0.3 is 11.9 Å². The lowest BCUT2D eigenvalue weighted by Gasteiger charge is -2.34. The number of esters is 2. The number of unbranched alkanes of at least 4 members (excludes halogenated alkanes) is 13. The molecular weight excluding hydrogens is 811 g/mol. The number of quaternary nitrogens is 1. The summed E-state index contributed by atoms with van der Waals surface area (Å²) in [5, 5.41) is 11.7. The molecule has 0 aliphatic rings. The first kappa shape index (κ1) is 61.0. The molecule has 65 heavy (non-hydrogen) atoms. The van der Waals surface area contributed by atoms with Gasteiger partial charge in [0.1, 0.15) is 12.6 Å². The molecule has 0 aromatic heterocycles. The summed E-state index contributed by atoms with van der Waals surface area (Å²) in [6.45, 7) is 4.45. The molecule has 0 aliphatic carbocycles. The Bertz CT molecular complexity index is 1420. The van der Waals surface area contributed by atoms with Crippen LogP contribution in [0.1, 0.15) is 181 Å². The van der Waals surface area contributed by atoms with Crippen LogP contribution in [0.25, 0.3) is 0 Å². The van der Waals surface area contributed by atoms with Gasteiger partial charge in [0.2, 0.25) is 0 Å². The molecule has 8 nitrogen and oxygen atoms in total. The predicted octanol–water partition coefficient (Wildman–Crippen LogP) is 13.5. The molecule has 0 N–H and O–H groups in total. The van der Waals surface area contributed by atoms with Crippen LogP contribution in [0.2, 0.25) is 0 Å². The molecule has 0 amide bonds. The van der Waals surface area contributed by atoms with Gasteiger partial charge in [-0.3, -0.25) is 9.59 Å². The Balaban J connectivity index is 4.42. The van der Waals surface area contributed by atoms with Gasteiger partial charge in [-0.05, 0) is 89.9 Å². The summed E-state index contributed by atoms with van der Waals surface area (Å²) in [7, 11) is 5.38. The summed E-state index contributed by atoms with van der Waals surface area (Å²) < 4.78 is 17.1. The molecule has 0 aromatic rings. The standard InChI is InChI=1S/C57H93NO7/c1-6-8-10-12-14-16-18-20-22-24-26-27-28-29-30-32-33-35-37-39-41-43-45-47-55(59)64-52-53(51-63-50-49-54(57(61)62)58(3,4)5)65-56(60)48-46-44-42-40-38-36-34-31-25-23-21-19-17-15-13-11-9-7-2/h8,10,14,16,20,22-23,25-27,29-31,33-35,39,41,53-54H,6-7,9,11-13,15,17-19,21,24,28,32,36-38,40,42-52H2,1-5H3/b10-8+,16-14+,22-20+,25-23+,27-26+,30-29+,34-31+,35-33+,41-39+. The average molecular weight is 904 g/mol. The molecule has 0 radical (unpaired) electrons. The van der Waals surface area contributed by atoms with Crippen molar-refractivity contribution in [3.05, 3.63) is 109 Å². The van der Waals surface area contributed by atoms with Gasteiger partial charge in [-0.2, -0.15) is 0 Å². The minimum atomic E-state index is -1.14. The predicted molar refractivity (Wildman–Crippen MR) is 272 cm³/mol. The number of carbonyl (C=O) groups excluding carboxylic acids is 3. The smallest absolute Gasteiger partial charge is 0.306 e. The van der Waals surface area contributed by atoms with Gasteiger partial charge in [-0.1, -0.05) is 181 Å². The largest absolute Gasteiger partial charge is 0.544 e. The van der Waals surface area contributed by atoms with Crippen LogP contribution in [0.4, 0.5) is 0 Å². The zero-order valence-corrected chi connectivity index (χ0v) is 41.9. The van der Waals surface area contributed by atoms with Crippen LogP contribution in [0.15, 0.2) is 109 Å². The molecule has 0 aromatic carbocycles. The number of hydrogen-bond donors (Lipinski definition) is 0. The van der Waals surface area contributed by atoms with E-state index in [1.165, 1.54) is 44.9 Å². The van der Waals surface area contributed by atoms with E-state index in [1.807, 2.05) is 0 Å². The average Bonchev–Trinajstić information content (AvgIpc) is 3.27. The van der Waals surface area contributed by atoms with E-state index in [4.69, 9.17) is 14.2 Å². The number of aliphatic carboxylic acids is 1. The molecule has 2 atom stereocenters. The molecule has 0 rings (SSSR count). The summed E-state index contributed by atoms with van der Waals surface area (Å²) >= 11 is 0. The zero-order valence-electron chi connectivity index (χ0n) is 41.9. The summed E-state index contributed by atoms with van der Waals surface area (Å²) in [6, 6.07) is -0.745. The fourth-order valence-corrected chi connectivity index (χ4v) is 6.76. The minimum absolute atomic E-state index is 0.00902. The number of allylic oxidation sites excluding steroid dienone is 18. The first-order chi connectivity index (χ1) is 31.6. The van der Waals surface area contributed by atoms with Gasteiger partial charge in [0, 0.05) is 19.3 Å². The molecule has 0 saturated carbocycles. The number of hydrogen-bond acceptors (Lipinski definition) is 7. The molecule has 0 fully saturated rings. The Labute approximate surface area is 398 Å². The second-order valence-corrected chi connectivity index (χ2v) is 17.7. The van der Waals surface area contributed by atoms with Crippen LogP contribution in [0.5, 0.6) is 0 Å². The molecule has 0 bridgehead atoms. The van der Waals surface area contributed by atoms with Crippen molar-refractivity contribution in [2.45, 2.75) is 193 Å². The van der Waals surface area contributed by atoms with Crippen molar-refractivity contribution in [3.63, 3.8) is 0 Å². The van der Waals surface area contributed by atoms with Crippen LogP contribution < -0.4 is 5.11 Å². The highest BCUT2D eigenvalue weighted by atomic mass is 16.6. The zero-order chi connectivity index (χ0) is 47.7. The molecule has 0 heterocycles. The highest BCUT2D eigenvalue weighted by molar-refractivity contribution is 5.70. The molecule has 8 heteroatoms. The van der Waals surface area contributed by atoms with Crippen LogP contribution in [-0.2, 0) is 28.6 Å². The summed E-state index contributed by atoms with van der Waals surface area (Å²) in [5.74, 6) is -1.84. The van der Waals surface area contributed by atoms with Crippen molar-refractivity contribution in [1.29, 1.82) is 0 Å². The molecule has 0 spiro atoms. The number of nitrogens with zero attached hydrogens (tertiary/aromatic N) is 1. The lowest BCUT2D eigenvalue weighted by Crippen LogP contribution is -2.55. The Morgan fingerprint density at radius 3 is 1.40 bits per heavy atom. The maximum Gasteiger partial charge on any atom is 0.306 e. The Morgan fingerprint density at radius 1 is 0.492 bits per heavy atom. The van der Waals surface area contributed by atoms with Gasteiger partial charge in [0.25, 0.3) is 0 Å². The maximum atomic E-state index is 12.8. The van der Waals surface area contributed by atoms with Crippen molar-refractivity contribution in [3.8, 4) is 0 Å². The minimum Gasteiger partial charge on any atom is -0.544 e. The van der Waals surface area contributed by atoms with E-state index in [9.17, 15) is 19.5 Å². The first-order valence-electron chi connectivity index (χ1n) is 25.4. The summed E-state index contributed by atoms with van der Waals surface area (Å²) in [6.07, 6.45) is 64.1. The van der Waals surface area contributed by atoms with Crippen LogP contribution in [0, 0.1) is 0 Å². The second-order valence-electron chi connectivity index (χ2n) is 17.7. The SMILES string of the molecule is CC/C=C/C/C=C/C/C=C/C/C=C/C/C=C/C/C=C/C/C=C/CCCC(=O)OCC(COCCC(C(=O)[O-])[N+](C)(C)C)OC(=O)CCCCCCC/C=C/C=C/CCCCCCCCC. The van der Waals surface area contributed by atoms with E-state index in [1.54, 1.807) is 21.1 Å². The quantitative estimate of drug-likeness (QED) is 0.0197. The lowest BCUT2D eigenvalue weighted by molar-refractivity contribution is -0.889. The van der Waals surface area contributed by atoms with E-state index in [0.717, 1.165) is 96.3 Å². The molecule has 0 aliphatic heterocycles. The van der Waals surface area contributed by atoms with E-state index in [-0.39, 0.29) is 55.5 Å². The molecule has 2 unspecified atom stereocenters. The van der Waals surface area contributed by atoms with Gasteiger partial charge < -0.3 is 28.6 Å². The van der Waals surface area contributed by atoms with Crippen molar-refractivity contribution in [1.82, 2.24) is 0 Å². The fraction of sp³-hybridized carbons (Fsp3) is 0.632. The topological polar surface area (TPSA) is 102 Å². The number of carbonyl (C=O) groups is 3. The molecule has 0 saturated heterocycles. The Morgan fingerprint density at radius 2 is 0.923 bits per heavy atom. The first-order valence-corrected chi connectivity index (χ1v) is 25.4. The number of likely N-dealkylation sites (N-methyl/N-ethyl adjacent to an activating group) is 1. The van der Waals surface area contributed by atoms with Gasteiger partial charge in [-0.15, -0.1) is 0 Å². The molecule has 368 valence electrons. The monoisotopic (exact) mass is 904 g/mol. The van der Waals surface area contributed by atoms with Crippen molar-refractivity contribution in [2.24, 2.45) is 0 Å². The second kappa shape index (κ2) is 46.5. The molecular formula is C57H93NO7. The van der Waals surface area contributed by atoms with E-state index >= 15 is 0 Å². The number of rotatable bonds is 44. The van der Waals surface area contributed by atoms with Gasteiger partial charge in [0.15, 0.2) is 6.10 Å². The van der Waals surface area contributed by atoms with Crippen LogP contribution >= 0.6 is 0 Å².